The van der Waals surface area contributed by atoms with Gasteiger partial charge in [-0.3, -0.25) is 0 Å². The number of nitrogens with zero attached hydrogens (tertiary/aromatic N) is 2. The van der Waals surface area contributed by atoms with Crippen LogP contribution in [0.5, 0.6) is 0 Å². The number of imidazole rings is 1. The average Bonchev–Trinajstić information content (AvgIpc) is 2.92. The van der Waals surface area contributed by atoms with E-state index in [1.54, 1.807) is 12.4 Å². The predicted molar refractivity (Wildman–Crippen MR) is 72.9 cm³/mol. The number of halogens is 1. The first-order valence-corrected chi connectivity index (χ1v) is 6.78. The van der Waals surface area contributed by atoms with Crippen molar-refractivity contribution in [2.75, 3.05) is 6.54 Å². The second-order valence-corrected chi connectivity index (χ2v) is 5.07. The van der Waals surface area contributed by atoms with Crippen molar-refractivity contribution >= 4 is 0 Å². The molecule has 0 amide bonds. The van der Waals surface area contributed by atoms with Gasteiger partial charge in [-0.1, -0.05) is 12.5 Å². The first-order chi connectivity index (χ1) is 9.27. The first kappa shape index (κ1) is 12.4. The molecule has 1 aromatic carbocycles. The number of hydrogen-bond acceptors (Lipinski definition) is 2. The van der Waals surface area contributed by atoms with Crippen molar-refractivity contribution in [3.63, 3.8) is 0 Å². The van der Waals surface area contributed by atoms with Crippen molar-refractivity contribution < 1.29 is 4.39 Å². The van der Waals surface area contributed by atoms with Gasteiger partial charge in [0.2, 0.25) is 0 Å². The van der Waals surface area contributed by atoms with Gasteiger partial charge in [-0.15, -0.1) is 0 Å². The summed E-state index contributed by atoms with van der Waals surface area (Å²) in [5.74, 6) is -0.172. The van der Waals surface area contributed by atoms with Crippen LogP contribution in [0.25, 0.3) is 5.69 Å². The number of aromatic nitrogens is 2. The molecule has 2 aromatic rings. The lowest BCUT2D eigenvalue weighted by Gasteiger charge is -2.24. The molecular formula is C15H18FN3. The third-order valence-corrected chi connectivity index (χ3v) is 3.83. The molecule has 100 valence electrons. The van der Waals surface area contributed by atoms with Crippen molar-refractivity contribution in [3.8, 4) is 5.69 Å². The summed E-state index contributed by atoms with van der Waals surface area (Å²) in [6.07, 6.45) is 7.22. The van der Waals surface area contributed by atoms with E-state index in [9.17, 15) is 4.39 Å². The van der Waals surface area contributed by atoms with Crippen LogP contribution in [0, 0.1) is 12.7 Å². The summed E-state index contributed by atoms with van der Waals surface area (Å²) >= 11 is 0. The van der Waals surface area contributed by atoms with E-state index in [0.29, 0.717) is 11.6 Å². The summed E-state index contributed by atoms with van der Waals surface area (Å²) in [4.78, 5) is 4.24. The topological polar surface area (TPSA) is 29.9 Å². The molecule has 0 spiro atoms. The van der Waals surface area contributed by atoms with Crippen LogP contribution >= 0.6 is 0 Å². The Kier molecular flexibility index (Phi) is 3.34. The SMILES string of the molecule is Cc1c(F)cccc1-n1cncc1C1CCCCN1. The van der Waals surface area contributed by atoms with E-state index in [0.717, 1.165) is 24.3 Å². The Morgan fingerprint density at radius 2 is 2.26 bits per heavy atom. The van der Waals surface area contributed by atoms with E-state index >= 15 is 0 Å². The molecule has 1 aliphatic heterocycles. The van der Waals surface area contributed by atoms with E-state index in [1.807, 2.05) is 23.8 Å². The third-order valence-electron chi connectivity index (χ3n) is 3.83. The molecule has 0 saturated carbocycles. The molecule has 2 heterocycles. The van der Waals surface area contributed by atoms with Crippen LogP contribution in [-0.4, -0.2) is 16.1 Å². The summed E-state index contributed by atoms with van der Waals surface area (Å²) in [5, 5.41) is 3.51. The summed E-state index contributed by atoms with van der Waals surface area (Å²) in [7, 11) is 0. The lowest BCUT2D eigenvalue weighted by molar-refractivity contribution is 0.401. The maximum Gasteiger partial charge on any atom is 0.128 e. The lowest BCUT2D eigenvalue weighted by atomic mass is 10.0. The minimum atomic E-state index is -0.172. The van der Waals surface area contributed by atoms with Crippen molar-refractivity contribution in [1.29, 1.82) is 0 Å². The monoisotopic (exact) mass is 259 g/mol. The Morgan fingerprint density at radius 1 is 1.37 bits per heavy atom. The van der Waals surface area contributed by atoms with Crippen LogP contribution in [0.2, 0.25) is 0 Å². The van der Waals surface area contributed by atoms with E-state index in [4.69, 9.17) is 0 Å². The third kappa shape index (κ3) is 2.28. The second-order valence-electron chi connectivity index (χ2n) is 5.07. The average molecular weight is 259 g/mol. The highest BCUT2D eigenvalue weighted by Crippen LogP contribution is 2.26. The standard InChI is InChI=1S/C15H18FN3/c1-11-12(16)5-4-7-14(11)19-10-17-9-15(19)13-6-2-3-8-18-13/h4-5,7,9-10,13,18H,2-3,6,8H2,1H3. The quantitative estimate of drug-likeness (QED) is 0.898. The molecule has 1 atom stereocenters. The zero-order chi connectivity index (χ0) is 13.2. The molecule has 19 heavy (non-hydrogen) atoms. The van der Waals surface area contributed by atoms with Gasteiger partial charge in [0, 0.05) is 11.6 Å². The Hall–Kier alpha value is -1.68. The van der Waals surface area contributed by atoms with Gasteiger partial charge in [0.05, 0.1) is 23.9 Å². The zero-order valence-electron chi connectivity index (χ0n) is 11.1. The highest BCUT2D eigenvalue weighted by Gasteiger charge is 2.19. The molecular weight excluding hydrogens is 241 g/mol. The van der Waals surface area contributed by atoms with E-state index in [1.165, 1.54) is 18.9 Å². The molecule has 1 N–H and O–H groups in total. The van der Waals surface area contributed by atoms with Crippen LogP contribution in [-0.2, 0) is 0 Å². The molecule has 3 rings (SSSR count). The fourth-order valence-corrected chi connectivity index (χ4v) is 2.73. The van der Waals surface area contributed by atoms with Gasteiger partial charge in [-0.05, 0) is 38.4 Å². The minimum Gasteiger partial charge on any atom is -0.309 e. The molecule has 0 bridgehead atoms. The number of piperidine rings is 1. The summed E-state index contributed by atoms with van der Waals surface area (Å²) in [6, 6.07) is 5.50. The normalized spacial score (nSPS) is 19.6. The molecule has 4 heteroatoms. The molecule has 1 fully saturated rings. The van der Waals surface area contributed by atoms with E-state index in [-0.39, 0.29) is 5.82 Å². The summed E-state index contributed by atoms with van der Waals surface area (Å²) in [6.45, 7) is 2.85. The van der Waals surface area contributed by atoms with Gasteiger partial charge in [-0.2, -0.15) is 0 Å². The van der Waals surface area contributed by atoms with Crippen LogP contribution in [0.1, 0.15) is 36.6 Å². The van der Waals surface area contributed by atoms with E-state index in [2.05, 4.69) is 10.3 Å². The van der Waals surface area contributed by atoms with Crippen molar-refractivity contribution in [3.05, 3.63) is 47.8 Å². The first-order valence-electron chi connectivity index (χ1n) is 6.78. The highest BCUT2D eigenvalue weighted by molar-refractivity contribution is 5.42. The lowest BCUT2D eigenvalue weighted by Crippen LogP contribution is -2.28. The second kappa shape index (κ2) is 5.13. The summed E-state index contributed by atoms with van der Waals surface area (Å²) in [5.41, 5.74) is 2.66. The summed E-state index contributed by atoms with van der Waals surface area (Å²) < 4.78 is 15.7. The number of benzene rings is 1. The Morgan fingerprint density at radius 3 is 3.05 bits per heavy atom. The van der Waals surface area contributed by atoms with Crippen LogP contribution in [0.15, 0.2) is 30.7 Å². The molecule has 0 aliphatic carbocycles. The van der Waals surface area contributed by atoms with Gasteiger partial charge in [0.15, 0.2) is 0 Å². The molecule has 1 unspecified atom stereocenters. The minimum absolute atomic E-state index is 0.172. The fourth-order valence-electron chi connectivity index (χ4n) is 2.73. The Bertz CT molecular complexity index is 571. The zero-order valence-corrected chi connectivity index (χ0v) is 11.1. The fraction of sp³-hybridized carbons (Fsp3) is 0.400. The van der Waals surface area contributed by atoms with Gasteiger partial charge < -0.3 is 9.88 Å². The Labute approximate surface area is 112 Å². The van der Waals surface area contributed by atoms with Crippen LogP contribution in [0.3, 0.4) is 0 Å². The Balaban J connectivity index is 2.01. The maximum atomic E-state index is 13.7. The van der Waals surface area contributed by atoms with Crippen molar-refractivity contribution in [2.45, 2.75) is 32.2 Å². The van der Waals surface area contributed by atoms with Crippen molar-refractivity contribution in [1.82, 2.24) is 14.9 Å². The van der Waals surface area contributed by atoms with Gasteiger partial charge in [0.1, 0.15) is 5.82 Å². The van der Waals surface area contributed by atoms with Gasteiger partial charge >= 0.3 is 0 Å². The maximum absolute atomic E-state index is 13.7. The van der Waals surface area contributed by atoms with Crippen LogP contribution < -0.4 is 5.32 Å². The highest BCUT2D eigenvalue weighted by atomic mass is 19.1. The van der Waals surface area contributed by atoms with Crippen LogP contribution in [0.4, 0.5) is 4.39 Å². The number of nitrogens with one attached hydrogen (secondary N) is 1. The molecule has 1 saturated heterocycles. The van der Waals surface area contributed by atoms with Gasteiger partial charge in [0.25, 0.3) is 0 Å². The number of hydrogen-bond donors (Lipinski definition) is 1. The predicted octanol–water partition coefficient (Wildman–Crippen LogP) is 3.13. The molecule has 3 nitrogen and oxygen atoms in total. The molecule has 1 aliphatic rings. The smallest absolute Gasteiger partial charge is 0.128 e. The van der Waals surface area contributed by atoms with E-state index < -0.39 is 0 Å². The largest absolute Gasteiger partial charge is 0.309 e. The molecule has 1 aromatic heterocycles. The number of rotatable bonds is 2. The molecule has 0 radical (unpaired) electrons. The van der Waals surface area contributed by atoms with Gasteiger partial charge in [-0.25, -0.2) is 9.37 Å². The van der Waals surface area contributed by atoms with Crippen molar-refractivity contribution in [2.24, 2.45) is 0 Å².